The van der Waals surface area contributed by atoms with E-state index in [1.165, 1.54) is 11.3 Å². The van der Waals surface area contributed by atoms with Crippen molar-refractivity contribution in [2.24, 2.45) is 5.73 Å². The normalized spacial score (nSPS) is 12.3. The topological polar surface area (TPSA) is 29.3 Å². The van der Waals surface area contributed by atoms with Gasteiger partial charge in [-0.05, 0) is 59.6 Å². The number of anilines is 2. The molecule has 0 heterocycles. The van der Waals surface area contributed by atoms with Gasteiger partial charge < -0.3 is 10.6 Å². The van der Waals surface area contributed by atoms with Gasteiger partial charge in [-0.15, -0.1) is 0 Å². The van der Waals surface area contributed by atoms with Crippen LogP contribution in [0.5, 0.6) is 0 Å². The second kappa shape index (κ2) is 5.76. The second-order valence-corrected chi connectivity index (χ2v) is 5.75. The molecule has 3 heteroatoms. The number of hydrogen-bond donors (Lipinski definition) is 1. The van der Waals surface area contributed by atoms with E-state index in [1.54, 1.807) is 0 Å². The van der Waals surface area contributed by atoms with Gasteiger partial charge in [0.05, 0.1) is 5.69 Å². The van der Waals surface area contributed by atoms with Crippen molar-refractivity contribution in [1.82, 2.24) is 0 Å². The summed E-state index contributed by atoms with van der Waals surface area (Å²) in [5.41, 5.74) is 10.6. The van der Waals surface area contributed by atoms with E-state index in [9.17, 15) is 0 Å². The molecule has 2 nitrogen and oxygen atoms in total. The van der Waals surface area contributed by atoms with E-state index in [1.807, 2.05) is 6.92 Å². The Balaban J connectivity index is 2.33. The fourth-order valence-electron chi connectivity index (χ4n) is 1.99. The van der Waals surface area contributed by atoms with Gasteiger partial charge in [0.1, 0.15) is 0 Å². The zero-order chi connectivity index (χ0) is 14.0. The molecule has 0 saturated heterocycles. The summed E-state index contributed by atoms with van der Waals surface area (Å²) < 4.78 is 1.06. The maximum atomic E-state index is 5.90. The lowest BCUT2D eigenvalue weighted by atomic mass is 10.1. The van der Waals surface area contributed by atoms with Crippen LogP contribution in [0.25, 0.3) is 0 Å². The van der Waals surface area contributed by atoms with Crippen LogP contribution < -0.4 is 10.6 Å². The first-order chi connectivity index (χ1) is 8.99. The van der Waals surface area contributed by atoms with Gasteiger partial charge >= 0.3 is 0 Å². The molecule has 0 fully saturated rings. The minimum atomic E-state index is 0.0510. The van der Waals surface area contributed by atoms with Crippen molar-refractivity contribution >= 4 is 27.3 Å². The van der Waals surface area contributed by atoms with Crippen LogP contribution in [-0.4, -0.2) is 7.05 Å². The molecular formula is C16H19BrN2. The van der Waals surface area contributed by atoms with E-state index in [4.69, 9.17) is 5.73 Å². The van der Waals surface area contributed by atoms with Gasteiger partial charge in [-0.25, -0.2) is 0 Å². The predicted molar refractivity (Wildman–Crippen MR) is 86.0 cm³/mol. The number of benzene rings is 2. The molecule has 0 spiro atoms. The maximum absolute atomic E-state index is 5.90. The number of halogens is 1. The molecule has 0 aliphatic carbocycles. The third kappa shape index (κ3) is 3.17. The SMILES string of the molecule is Cc1ccc(N(C)c2ccc(C(C)N)cc2Br)cc1. The Kier molecular flexibility index (Phi) is 4.27. The van der Waals surface area contributed by atoms with E-state index in [2.05, 4.69) is 77.3 Å². The molecule has 2 aromatic rings. The molecule has 0 aromatic heterocycles. The number of nitrogens with zero attached hydrogens (tertiary/aromatic N) is 1. The van der Waals surface area contributed by atoms with Gasteiger partial charge in [-0.2, -0.15) is 0 Å². The molecule has 0 aliphatic heterocycles. The largest absolute Gasteiger partial charge is 0.344 e. The van der Waals surface area contributed by atoms with Crippen LogP contribution in [0, 0.1) is 6.92 Å². The van der Waals surface area contributed by atoms with Gasteiger partial charge in [-0.1, -0.05) is 23.8 Å². The van der Waals surface area contributed by atoms with Crippen LogP contribution in [0.2, 0.25) is 0 Å². The van der Waals surface area contributed by atoms with Gasteiger partial charge in [0, 0.05) is 23.2 Å². The van der Waals surface area contributed by atoms with Crippen molar-refractivity contribution in [3.05, 3.63) is 58.1 Å². The van der Waals surface area contributed by atoms with Crippen molar-refractivity contribution in [3.63, 3.8) is 0 Å². The van der Waals surface area contributed by atoms with E-state index < -0.39 is 0 Å². The first kappa shape index (κ1) is 14.1. The Labute approximate surface area is 123 Å². The highest BCUT2D eigenvalue weighted by Gasteiger charge is 2.09. The molecule has 0 amide bonds. The smallest absolute Gasteiger partial charge is 0.0552 e. The summed E-state index contributed by atoms with van der Waals surface area (Å²) in [6.45, 7) is 4.09. The molecular weight excluding hydrogens is 300 g/mol. The first-order valence-corrected chi connectivity index (χ1v) is 7.14. The zero-order valence-corrected chi connectivity index (χ0v) is 13.1. The highest BCUT2D eigenvalue weighted by atomic mass is 79.9. The molecule has 2 N–H and O–H groups in total. The highest BCUT2D eigenvalue weighted by molar-refractivity contribution is 9.10. The molecule has 1 atom stereocenters. The van der Waals surface area contributed by atoms with Gasteiger partial charge in [-0.3, -0.25) is 0 Å². The molecule has 0 aliphatic rings. The third-order valence-corrected chi connectivity index (χ3v) is 3.92. The average molecular weight is 319 g/mol. The molecule has 2 rings (SSSR count). The average Bonchev–Trinajstić information content (AvgIpc) is 2.38. The summed E-state index contributed by atoms with van der Waals surface area (Å²) in [6, 6.07) is 14.8. The molecule has 100 valence electrons. The van der Waals surface area contributed by atoms with Crippen molar-refractivity contribution < 1.29 is 0 Å². The summed E-state index contributed by atoms with van der Waals surface area (Å²) in [5.74, 6) is 0. The Morgan fingerprint density at radius 1 is 1.11 bits per heavy atom. The summed E-state index contributed by atoms with van der Waals surface area (Å²) in [6.07, 6.45) is 0. The summed E-state index contributed by atoms with van der Waals surface area (Å²) in [7, 11) is 2.07. The van der Waals surface area contributed by atoms with Gasteiger partial charge in [0.2, 0.25) is 0 Å². The lowest BCUT2D eigenvalue weighted by molar-refractivity contribution is 0.817. The van der Waals surface area contributed by atoms with Gasteiger partial charge in [0.15, 0.2) is 0 Å². The van der Waals surface area contributed by atoms with E-state index in [0.717, 1.165) is 15.7 Å². The third-order valence-electron chi connectivity index (χ3n) is 3.28. The standard InChI is InChI=1S/C16H19BrN2/c1-11-4-7-14(8-5-11)19(3)16-9-6-13(12(2)18)10-15(16)17/h4-10,12H,18H2,1-3H3. The van der Waals surface area contributed by atoms with E-state index in [-0.39, 0.29) is 6.04 Å². The van der Waals surface area contributed by atoms with Crippen molar-refractivity contribution in [1.29, 1.82) is 0 Å². The fraction of sp³-hybridized carbons (Fsp3) is 0.250. The zero-order valence-electron chi connectivity index (χ0n) is 11.5. The summed E-state index contributed by atoms with van der Waals surface area (Å²) >= 11 is 3.63. The minimum absolute atomic E-state index is 0.0510. The minimum Gasteiger partial charge on any atom is -0.344 e. The molecule has 2 aromatic carbocycles. The Bertz CT molecular complexity index is 561. The number of rotatable bonds is 3. The van der Waals surface area contributed by atoms with Crippen LogP contribution >= 0.6 is 15.9 Å². The fourth-order valence-corrected chi connectivity index (χ4v) is 2.65. The summed E-state index contributed by atoms with van der Waals surface area (Å²) in [4.78, 5) is 2.16. The first-order valence-electron chi connectivity index (χ1n) is 6.34. The number of nitrogens with two attached hydrogens (primary N) is 1. The Morgan fingerprint density at radius 3 is 2.26 bits per heavy atom. The van der Waals surface area contributed by atoms with Crippen LogP contribution in [0.4, 0.5) is 11.4 Å². The number of hydrogen-bond acceptors (Lipinski definition) is 2. The quantitative estimate of drug-likeness (QED) is 0.899. The lowest BCUT2D eigenvalue weighted by Gasteiger charge is -2.22. The van der Waals surface area contributed by atoms with E-state index in [0.29, 0.717) is 0 Å². The van der Waals surface area contributed by atoms with Crippen LogP contribution in [-0.2, 0) is 0 Å². The van der Waals surface area contributed by atoms with Crippen molar-refractivity contribution in [3.8, 4) is 0 Å². The number of aryl methyl sites for hydroxylation is 1. The van der Waals surface area contributed by atoms with Crippen molar-refractivity contribution in [2.75, 3.05) is 11.9 Å². The predicted octanol–water partition coefficient (Wildman–Crippen LogP) is 4.55. The Hall–Kier alpha value is -1.32. The molecule has 19 heavy (non-hydrogen) atoms. The van der Waals surface area contributed by atoms with Crippen LogP contribution in [0.1, 0.15) is 24.1 Å². The molecule has 0 bridgehead atoms. The molecule has 0 radical (unpaired) electrons. The Morgan fingerprint density at radius 2 is 1.74 bits per heavy atom. The monoisotopic (exact) mass is 318 g/mol. The van der Waals surface area contributed by atoms with Crippen molar-refractivity contribution in [2.45, 2.75) is 19.9 Å². The van der Waals surface area contributed by atoms with Crippen LogP contribution in [0.3, 0.4) is 0 Å². The second-order valence-electron chi connectivity index (χ2n) is 4.89. The lowest BCUT2D eigenvalue weighted by Crippen LogP contribution is -2.11. The highest BCUT2D eigenvalue weighted by Crippen LogP contribution is 2.32. The van der Waals surface area contributed by atoms with Crippen LogP contribution in [0.15, 0.2) is 46.9 Å². The molecule has 0 saturated carbocycles. The summed E-state index contributed by atoms with van der Waals surface area (Å²) in [5, 5.41) is 0. The van der Waals surface area contributed by atoms with Gasteiger partial charge in [0.25, 0.3) is 0 Å². The van der Waals surface area contributed by atoms with E-state index >= 15 is 0 Å². The maximum Gasteiger partial charge on any atom is 0.0552 e. The molecule has 1 unspecified atom stereocenters.